The van der Waals surface area contributed by atoms with E-state index in [4.69, 9.17) is 4.98 Å². The van der Waals surface area contributed by atoms with Crippen LogP contribution in [0.4, 0.5) is 0 Å². The first-order valence-electron chi connectivity index (χ1n) is 23.7. The summed E-state index contributed by atoms with van der Waals surface area (Å²) in [4.78, 5) is 14.4. The number of nitrogens with zero attached hydrogens (tertiary/aromatic N) is 5. The topological polar surface area (TPSA) is 46.4 Å². The van der Waals surface area contributed by atoms with Crippen LogP contribution >= 0.6 is 0 Å². The third-order valence-electron chi connectivity index (χ3n) is 11.9. The zero-order chi connectivity index (χ0) is 41.5. The van der Waals surface area contributed by atoms with Crippen LogP contribution in [0.15, 0.2) is 128 Å². The Bertz CT molecular complexity index is 1930. The first kappa shape index (κ1) is 44.5. The fourth-order valence-corrected chi connectivity index (χ4v) is 8.28. The highest BCUT2D eigenvalue weighted by molar-refractivity contribution is 5.83. The van der Waals surface area contributed by atoms with Gasteiger partial charge in [0.2, 0.25) is 0 Å². The first-order chi connectivity index (χ1) is 29.7. The molecule has 0 bridgehead atoms. The summed E-state index contributed by atoms with van der Waals surface area (Å²) >= 11 is 0. The number of pyridine rings is 5. The summed E-state index contributed by atoms with van der Waals surface area (Å²) < 4.78 is 4.70. The number of unbranched alkanes of at least 4 members (excludes halogenated alkanes) is 18. The Morgan fingerprint density at radius 2 is 0.667 bits per heavy atom. The molecule has 0 aliphatic heterocycles. The molecule has 5 heterocycles. The number of hydrogen-bond donors (Lipinski definition) is 0. The maximum Gasteiger partial charge on any atom is 0.169 e. The number of aromatic nitrogens is 5. The van der Waals surface area contributed by atoms with E-state index in [-0.39, 0.29) is 0 Å². The van der Waals surface area contributed by atoms with E-state index in [1.54, 1.807) is 0 Å². The summed E-state index contributed by atoms with van der Waals surface area (Å²) in [5.74, 6) is 0. The summed E-state index contributed by atoms with van der Waals surface area (Å²) in [6, 6.07) is 32.5. The van der Waals surface area contributed by atoms with Crippen molar-refractivity contribution in [1.29, 1.82) is 0 Å². The van der Waals surface area contributed by atoms with Gasteiger partial charge in [-0.1, -0.05) is 129 Å². The summed E-state index contributed by atoms with van der Waals surface area (Å²) in [5, 5.41) is 0. The third kappa shape index (κ3) is 14.6. The Kier molecular flexibility index (Phi) is 19.0. The van der Waals surface area contributed by atoms with E-state index in [1.807, 2.05) is 48.8 Å². The molecule has 60 heavy (non-hydrogen) atoms. The van der Waals surface area contributed by atoms with Crippen LogP contribution in [0.1, 0.15) is 142 Å². The molecular formula is C55H71N5+2. The van der Waals surface area contributed by atoms with E-state index in [0.29, 0.717) is 0 Å². The molecule has 314 valence electrons. The fourth-order valence-electron chi connectivity index (χ4n) is 8.28. The van der Waals surface area contributed by atoms with Crippen molar-refractivity contribution in [2.24, 2.45) is 0 Å². The molecule has 5 nitrogen and oxygen atoms in total. The lowest BCUT2D eigenvalue weighted by molar-refractivity contribution is -0.697. The van der Waals surface area contributed by atoms with E-state index in [9.17, 15) is 0 Å². The van der Waals surface area contributed by atoms with Crippen LogP contribution < -0.4 is 9.13 Å². The average Bonchev–Trinajstić information content (AvgIpc) is 3.31. The van der Waals surface area contributed by atoms with Gasteiger partial charge in [-0.3, -0.25) is 9.97 Å². The van der Waals surface area contributed by atoms with Crippen LogP contribution in [0, 0.1) is 0 Å². The maximum absolute atomic E-state index is 5.07. The Labute approximate surface area is 362 Å². The van der Waals surface area contributed by atoms with Gasteiger partial charge < -0.3 is 0 Å². The molecule has 0 aliphatic rings. The van der Waals surface area contributed by atoms with Gasteiger partial charge in [-0.15, -0.1) is 0 Å². The molecule has 0 aliphatic carbocycles. The van der Waals surface area contributed by atoms with Crippen LogP contribution in [0.3, 0.4) is 0 Å². The van der Waals surface area contributed by atoms with Crippen molar-refractivity contribution in [3.05, 3.63) is 128 Å². The number of rotatable bonds is 27. The lowest BCUT2D eigenvalue weighted by Crippen LogP contribution is -2.32. The largest absolute Gasteiger partial charge is 0.255 e. The van der Waals surface area contributed by atoms with Gasteiger partial charge >= 0.3 is 0 Å². The standard InChI is InChI=1S/C55H71N5/c1-3-5-7-9-11-13-15-17-19-25-35-59-37-29-46(30-38-59)48-41-49(47-31-39-60(40-32-47)36-26-20-18-16-14-12-10-8-6-4-2)43-50(42-48)51-44-54(52-27-21-23-33-56-52)58-55(45-51)53-28-22-24-34-57-53/h21-24,27-34,37-45H,3-20,25-26,35-36H2,1-2H3/q+2. The first-order valence-corrected chi connectivity index (χ1v) is 23.7. The van der Waals surface area contributed by atoms with Gasteiger partial charge in [0.25, 0.3) is 0 Å². The second-order valence-corrected chi connectivity index (χ2v) is 16.9. The third-order valence-corrected chi connectivity index (χ3v) is 11.9. The Morgan fingerprint density at radius 3 is 1.02 bits per heavy atom. The number of aryl methyl sites for hydroxylation is 2. The summed E-state index contributed by atoms with van der Waals surface area (Å²) in [7, 11) is 0. The van der Waals surface area contributed by atoms with Gasteiger partial charge in [-0.25, -0.2) is 14.1 Å². The van der Waals surface area contributed by atoms with Gasteiger partial charge in [-0.05, 0) is 101 Å². The Hall–Kier alpha value is -5.03. The smallest absolute Gasteiger partial charge is 0.169 e. The zero-order valence-corrected chi connectivity index (χ0v) is 36.9. The highest BCUT2D eigenvalue weighted by Crippen LogP contribution is 2.35. The van der Waals surface area contributed by atoms with Gasteiger partial charge in [-0.2, -0.15) is 0 Å². The highest BCUT2D eigenvalue weighted by Gasteiger charge is 2.15. The predicted octanol–water partition coefficient (Wildman–Crippen LogP) is 14.6. The molecule has 0 radical (unpaired) electrons. The second-order valence-electron chi connectivity index (χ2n) is 16.9. The van der Waals surface area contributed by atoms with Crippen molar-refractivity contribution < 1.29 is 9.13 Å². The van der Waals surface area contributed by atoms with E-state index in [0.717, 1.165) is 47.0 Å². The molecule has 0 unspecified atom stereocenters. The SMILES string of the molecule is CCCCCCCCCCCC[n+]1ccc(-c2cc(-c3cc[n+](CCCCCCCCCCCC)cc3)cc(-c3cc(-c4ccccn4)nc(-c4ccccn4)c3)c2)cc1. The molecule has 6 aromatic rings. The van der Waals surface area contributed by atoms with Gasteiger partial charge in [0, 0.05) is 49.5 Å². The summed E-state index contributed by atoms with van der Waals surface area (Å²) in [6.45, 7) is 6.71. The van der Waals surface area contributed by atoms with Crippen LogP contribution in [-0.4, -0.2) is 15.0 Å². The minimum atomic E-state index is 0.834. The van der Waals surface area contributed by atoms with Crippen molar-refractivity contribution in [3.63, 3.8) is 0 Å². The van der Waals surface area contributed by atoms with Crippen LogP contribution in [0.5, 0.6) is 0 Å². The highest BCUT2D eigenvalue weighted by atomic mass is 14.9. The minimum absolute atomic E-state index is 0.834. The van der Waals surface area contributed by atoms with Gasteiger partial charge in [0.15, 0.2) is 24.8 Å². The molecule has 0 spiro atoms. The van der Waals surface area contributed by atoms with Crippen LogP contribution in [0.25, 0.3) is 56.2 Å². The molecule has 5 heteroatoms. The molecule has 0 saturated carbocycles. The summed E-state index contributed by atoms with van der Waals surface area (Å²) in [5.41, 5.74) is 10.4. The predicted molar refractivity (Wildman–Crippen MR) is 251 cm³/mol. The lowest BCUT2D eigenvalue weighted by Gasteiger charge is -2.13. The maximum atomic E-state index is 5.07. The molecule has 0 atom stereocenters. The van der Waals surface area contributed by atoms with Gasteiger partial charge in [0.05, 0.1) is 22.8 Å². The normalized spacial score (nSPS) is 11.3. The van der Waals surface area contributed by atoms with Crippen molar-refractivity contribution in [1.82, 2.24) is 15.0 Å². The van der Waals surface area contributed by atoms with Crippen molar-refractivity contribution in [2.75, 3.05) is 0 Å². The summed E-state index contributed by atoms with van der Waals surface area (Å²) in [6.07, 6.45) is 39.9. The Balaban J connectivity index is 1.19. The second kappa shape index (κ2) is 25.6. The quantitative estimate of drug-likeness (QED) is 0.0385. The molecule has 1 aromatic carbocycles. The van der Waals surface area contributed by atoms with Crippen molar-refractivity contribution >= 4 is 0 Å². The molecule has 5 aromatic heterocycles. The van der Waals surface area contributed by atoms with Gasteiger partial charge in [0.1, 0.15) is 13.1 Å². The van der Waals surface area contributed by atoms with Crippen LogP contribution in [-0.2, 0) is 13.1 Å². The van der Waals surface area contributed by atoms with E-state index in [2.05, 4.69) is 112 Å². The monoisotopic (exact) mass is 802 g/mol. The molecule has 6 rings (SSSR count). The van der Waals surface area contributed by atoms with Crippen molar-refractivity contribution in [2.45, 2.75) is 155 Å². The van der Waals surface area contributed by atoms with E-state index < -0.39 is 0 Å². The van der Waals surface area contributed by atoms with Crippen molar-refractivity contribution in [3.8, 4) is 56.2 Å². The average molecular weight is 802 g/mol. The molecule has 0 saturated heterocycles. The molecule has 0 fully saturated rings. The Morgan fingerprint density at radius 1 is 0.333 bits per heavy atom. The van der Waals surface area contributed by atoms with Crippen LogP contribution in [0.2, 0.25) is 0 Å². The fraction of sp³-hybridized carbons (Fsp3) is 0.436. The number of hydrogen-bond acceptors (Lipinski definition) is 3. The lowest BCUT2D eigenvalue weighted by atomic mass is 9.93. The minimum Gasteiger partial charge on any atom is -0.255 e. The molecular weight excluding hydrogens is 731 g/mol. The van der Waals surface area contributed by atoms with E-state index in [1.165, 1.54) is 151 Å². The molecule has 0 amide bonds. The zero-order valence-electron chi connectivity index (χ0n) is 36.9. The van der Waals surface area contributed by atoms with E-state index >= 15 is 0 Å². The molecule has 0 N–H and O–H groups in total. The number of benzene rings is 1.